The molecule has 0 spiro atoms. The molecule has 0 atom stereocenters. The number of nitrogens with zero attached hydrogens (tertiary/aromatic N) is 4. The molecule has 178 valence electrons. The highest BCUT2D eigenvalue weighted by atomic mass is 32.2. The summed E-state index contributed by atoms with van der Waals surface area (Å²) >= 11 is 1.18. The highest BCUT2D eigenvalue weighted by Gasteiger charge is 2.35. The number of amides is 2. The Bertz CT molecular complexity index is 1050. The van der Waals surface area contributed by atoms with Crippen molar-refractivity contribution in [2.45, 2.75) is 32.1 Å². The van der Waals surface area contributed by atoms with Gasteiger partial charge in [0.05, 0.1) is 4.91 Å². The van der Waals surface area contributed by atoms with Crippen LogP contribution in [0.4, 0.5) is 9.18 Å². The molecule has 2 fully saturated rings. The number of hydrazine groups is 1. The molecular weight excluding hydrogens is 466 g/mol. The molecule has 11 heteroatoms. The van der Waals surface area contributed by atoms with Gasteiger partial charge in [0.1, 0.15) is 11.6 Å². The van der Waals surface area contributed by atoms with Crippen LogP contribution in [0.3, 0.4) is 0 Å². The maximum Gasteiger partial charge on any atom is 0.415 e. The maximum absolute atomic E-state index is 13.9. The van der Waals surface area contributed by atoms with Gasteiger partial charge >= 0.3 is 6.09 Å². The minimum Gasteiger partial charge on any atom is -0.409 e. The van der Waals surface area contributed by atoms with E-state index in [4.69, 9.17) is 4.74 Å². The number of likely N-dealkylation sites (tertiary alicyclic amines) is 1. The number of amidine groups is 1. The lowest BCUT2D eigenvalue weighted by Crippen LogP contribution is -2.46. The van der Waals surface area contributed by atoms with E-state index in [1.807, 2.05) is 9.79 Å². The molecule has 0 radical (unpaired) electrons. The third kappa shape index (κ3) is 5.67. The molecule has 0 bridgehead atoms. The van der Waals surface area contributed by atoms with Crippen LogP contribution in [0.15, 0.2) is 28.1 Å². The van der Waals surface area contributed by atoms with E-state index >= 15 is 0 Å². The average molecular weight is 495 g/mol. The average Bonchev–Trinajstić information content (AvgIpc) is 3.15. The van der Waals surface area contributed by atoms with Gasteiger partial charge in [-0.3, -0.25) is 9.80 Å². The van der Waals surface area contributed by atoms with E-state index in [1.54, 1.807) is 24.3 Å². The smallest absolute Gasteiger partial charge is 0.409 e. The van der Waals surface area contributed by atoms with Crippen molar-refractivity contribution in [3.05, 3.63) is 34.5 Å². The number of ether oxygens (including phenoxy) is 1. The molecule has 0 N–H and O–H groups in total. The van der Waals surface area contributed by atoms with Crippen molar-refractivity contribution in [3.8, 4) is 5.75 Å². The second kappa shape index (κ2) is 9.99. The van der Waals surface area contributed by atoms with Crippen molar-refractivity contribution >= 4 is 42.3 Å². The molecule has 0 unspecified atom stereocenters. The van der Waals surface area contributed by atoms with Crippen LogP contribution in [-0.4, -0.2) is 71.4 Å². The van der Waals surface area contributed by atoms with Crippen LogP contribution in [0.5, 0.6) is 5.75 Å². The summed E-state index contributed by atoms with van der Waals surface area (Å²) in [5.41, 5.74) is 0.418. The predicted molar refractivity (Wildman–Crippen MR) is 128 cm³/mol. The van der Waals surface area contributed by atoms with Crippen LogP contribution in [0.1, 0.15) is 37.7 Å². The van der Waals surface area contributed by atoms with Crippen LogP contribution < -0.4 is 4.74 Å². The maximum atomic E-state index is 13.9. The lowest BCUT2D eigenvalue weighted by Gasteiger charge is -2.41. The molecule has 4 rings (SSSR count). The Morgan fingerprint density at radius 1 is 1.12 bits per heavy atom. The fraction of sp³-hybridized carbons (Fsp3) is 0.500. The topological polar surface area (TPSA) is 82.5 Å². The summed E-state index contributed by atoms with van der Waals surface area (Å²) in [7, 11) is -2.57. The van der Waals surface area contributed by atoms with E-state index in [-0.39, 0.29) is 5.75 Å². The second-order valence-corrected chi connectivity index (χ2v) is 12.7. The summed E-state index contributed by atoms with van der Waals surface area (Å²) in [5, 5.41) is 2.30. The zero-order valence-electron chi connectivity index (χ0n) is 18.8. The lowest BCUT2D eigenvalue weighted by atomic mass is 10.1. The molecule has 3 heterocycles. The first-order valence-electron chi connectivity index (χ1n) is 11.1. The van der Waals surface area contributed by atoms with Gasteiger partial charge in [0, 0.05) is 51.1 Å². The molecular formula is C22H28FN4O4PS. The number of halogens is 1. The number of carbonyl (C=O) groups is 2. The number of hydrogen-bond acceptors (Lipinski definition) is 6. The van der Waals surface area contributed by atoms with Crippen molar-refractivity contribution in [3.63, 3.8) is 0 Å². The van der Waals surface area contributed by atoms with E-state index in [2.05, 4.69) is 4.99 Å². The highest BCUT2D eigenvalue weighted by Crippen LogP contribution is 2.46. The van der Waals surface area contributed by atoms with E-state index in [1.165, 1.54) is 23.9 Å². The molecule has 0 aliphatic carbocycles. The molecule has 2 saturated heterocycles. The van der Waals surface area contributed by atoms with Gasteiger partial charge in [-0.05, 0) is 62.1 Å². The first-order chi connectivity index (χ1) is 15.7. The summed E-state index contributed by atoms with van der Waals surface area (Å²) in [5.74, 6) is -0.905. The zero-order chi connectivity index (χ0) is 23.6. The number of aliphatic imine (C=N–C) groups is 1. The zero-order valence-corrected chi connectivity index (χ0v) is 20.5. The van der Waals surface area contributed by atoms with Crippen molar-refractivity contribution in [2.75, 3.05) is 39.5 Å². The van der Waals surface area contributed by atoms with Crippen molar-refractivity contribution in [1.82, 2.24) is 14.7 Å². The minimum absolute atomic E-state index is 0.0612. The number of benzene rings is 1. The molecule has 2 amide bonds. The minimum atomic E-state index is -2.57. The Labute approximate surface area is 197 Å². The SMILES string of the molecule is CP(C)(=O)N1CCCCN1C1=NC(=O)/C(=C/c2ccc(F)cc2OC(=O)N2CCCCC2)S1. The molecule has 1 aromatic carbocycles. The largest absolute Gasteiger partial charge is 0.415 e. The third-order valence-corrected chi connectivity index (χ3v) is 8.24. The normalized spacial score (nSPS) is 21.5. The number of thioether (sulfide) groups is 1. The summed E-state index contributed by atoms with van der Waals surface area (Å²) in [6.07, 6.45) is 5.78. The first-order valence-corrected chi connectivity index (χ1v) is 14.5. The molecule has 8 nitrogen and oxygen atoms in total. The Kier molecular flexibility index (Phi) is 7.26. The Morgan fingerprint density at radius 2 is 1.82 bits per heavy atom. The van der Waals surface area contributed by atoms with E-state index < -0.39 is 25.1 Å². The van der Waals surface area contributed by atoms with Crippen molar-refractivity contribution in [2.24, 2.45) is 4.99 Å². The quantitative estimate of drug-likeness (QED) is 0.448. The molecule has 3 aliphatic rings. The molecule has 0 aromatic heterocycles. The van der Waals surface area contributed by atoms with E-state index in [9.17, 15) is 18.5 Å². The van der Waals surface area contributed by atoms with Gasteiger partial charge in [0.2, 0.25) is 0 Å². The van der Waals surface area contributed by atoms with Gasteiger partial charge in [0.25, 0.3) is 5.91 Å². The summed E-state index contributed by atoms with van der Waals surface area (Å²) in [6, 6.07) is 3.89. The van der Waals surface area contributed by atoms with Crippen molar-refractivity contribution in [1.29, 1.82) is 0 Å². The lowest BCUT2D eigenvalue weighted by molar-refractivity contribution is -0.113. The van der Waals surface area contributed by atoms with Gasteiger partial charge in [-0.1, -0.05) is 0 Å². The Hall–Kier alpha value is -2.16. The van der Waals surface area contributed by atoms with Gasteiger partial charge in [-0.2, -0.15) is 9.77 Å². The first kappa shape index (κ1) is 24.0. The monoisotopic (exact) mass is 494 g/mol. The summed E-state index contributed by atoms with van der Waals surface area (Å²) in [4.78, 5) is 31.3. The van der Waals surface area contributed by atoms with Gasteiger partial charge in [-0.25, -0.2) is 9.18 Å². The van der Waals surface area contributed by atoms with Crippen LogP contribution in [0.2, 0.25) is 0 Å². The van der Waals surface area contributed by atoms with Crippen molar-refractivity contribution < 1.29 is 23.3 Å². The third-order valence-electron chi connectivity index (χ3n) is 5.72. The summed E-state index contributed by atoms with van der Waals surface area (Å²) < 4.78 is 34.0. The van der Waals surface area contributed by atoms with Crippen LogP contribution in [-0.2, 0) is 9.36 Å². The van der Waals surface area contributed by atoms with E-state index in [0.29, 0.717) is 41.8 Å². The van der Waals surface area contributed by atoms with Crippen LogP contribution >= 0.6 is 19.1 Å². The van der Waals surface area contributed by atoms with Crippen LogP contribution in [0, 0.1) is 5.82 Å². The predicted octanol–water partition coefficient (Wildman–Crippen LogP) is 4.63. The van der Waals surface area contributed by atoms with E-state index in [0.717, 1.165) is 38.2 Å². The van der Waals surface area contributed by atoms with Crippen LogP contribution in [0.25, 0.3) is 6.08 Å². The molecule has 3 aliphatic heterocycles. The number of piperidine rings is 1. The number of carbonyl (C=O) groups excluding carboxylic acids is 2. The highest BCUT2D eigenvalue weighted by molar-refractivity contribution is 8.18. The second-order valence-electron chi connectivity index (χ2n) is 8.63. The number of rotatable bonds is 3. The Morgan fingerprint density at radius 3 is 2.55 bits per heavy atom. The fourth-order valence-electron chi connectivity index (χ4n) is 4.05. The standard InChI is InChI=1S/C22H28FN4O4PS/c1-32(2,30)27-13-7-6-12-26(27)21-24-20(28)19(33-21)14-16-8-9-17(23)15-18(16)31-22(29)25-10-4-3-5-11-25/h8-9,14-15H,3-7,10-13H2,1-2H3/b19-14-. The van der Waals surface area contributed by atoms with Gasteiger partial charge in [-0.15, -0.1) is 0 Å². The summed E-state index contributed by atoms with van der Waals surface area (Å²) in [6.45, 7) is 5.90. The Balaban J connectivity index is 1.54. The van der Waals surface area contributed by atoms with Gasteiger partial charge < -0.3 is 14.2 Å². The molecule has 33 heavy (non-hydrogen) atoms. The molecule has 0 saturated carbocycles. The molecule has 1 aromatic rings. The fourth-order valence-corrected chi connectivity index (χ4v) is 6.36. The van der Waals surface area contributed by atoms with Gasteiger partial charge in [0.15, 0.2) is 12.5 Å². The number of hydrogen-bond donors (Lipinski definition) is 0.